The highest BCUT2D eigenvalue weighted by Crippen LogP contribution is 2.22. The Morgan fingerprint density at radius 2 is 2.17 bits per heavy atom. The quantitative estimate of drug-likeness (QED) is 0.795. The number of likely N-dealkylation sites (tertiary alicyclic amines) is 1. The summed E-state index contributed by atoms with van der Waals surface area (Å²) < 4.78 is 0.967. The van der Waals surface area contributed by atoms with Gasteiger partial charge in [-0.3, -0.25) is 9.69 Å². The molecule has 0 N–H and O–H groups in total. The first-order valence-electron chi connectivity index (χ1n) is 6.57. The van der Waals surface area contributed by atoms with E-state index in [2.05, 4.69) is 34.7 Å². The van der Waals surface area contributed by atoms with Gasteiger partial charge in [0.25, 0.3) is 0 Å². The Morgan fingerprint density at radius 1 is 1.39 bits per heavy atom. The molecular formula is C15H20BrNO. The average molecular weight is 310 g/mol. The SMILES string of the molecule is CC1CCN(CC(=O)c2cccc(Br)c2)CC1C. The summed E-state index contributed by atoms with van der Waals surface area (Å²) in [5.74, 6) is 1.69. The van der Waals surface area contributed by atoms with Gasteiger partial charge in [-0.2, -0.15) is 0 Å². The number of benzene rings is 1. The smallest absolute Gasteiger partial charge is 0.176 e. The zero-order chi connectivity index (χ0) is 13.1. The van der Waals surface area contributed by atoms with E-state index in [9.17, 15) is 4.79 Å². The third-order valence-electron chi connectivity index (χ3n) is 3.93. The van der Waals surface area contributed by atoms with Gasteiger partial charge in [0.1, 0.15) is 0 Å². The number of nitrogens with zero attached hydrogens (tertiary/aromatic N) is 1. The summed E-state index contributed by atoms with van der Waals surface area (Å²) in [5.41, 5.74) is 0.802. The molecule has 0 bridgehead atoms. The number of ketones is 1. The Kier molecular flexibility index (Phi) is 4.57. The Labute approximate surface area is 117 Å². The van der Waals surface area contributed by atoms with Crippen molar-refractivity contribution in [2.45, 2.75) is 20.3 Å². The molecule has 0 saturated carbocycles. The van der Waals surface area contributed by atoms with Gasteiger partial charge in [-0.1, -0.05) is 41.9 Å². The highest BCUT2D eigenvalue weighted by Gasteiger charge is 2.24. The molecule has 0 aromatic heterocycles. The molecule has 1 fully saturated rings. The fourth-order valence-electron chi connectivity index (χ4n) is 2.45. The van der Waals surface area contributed by atoms with Crippen molar-refractivity contribution >= 4 is 21.7 Å². The van der Waals surface area contributed by atoms with Crippen molar-refractivity contribution < 1.29 is 4.79 Å². The molecule has 1 aliphatic rings. The summed E-state index contributed by atoms with van der Waals surface area (Å²) in [5, 5.41) is 0. The number of halogens is 1. The lowest BCUT2D eigenvalue weighted by molar-refractivity contribution is 0.0849. The van der Waals surface area contributed by atoms with Gasteiger partial charge in [0, 0.05) is 16.6 Å². The summed E-state index contributed by atoms with van der Waals surface area (Å²) in [6.07, 6.45) is 1.20. The van der Waals surface area contributed by atoms with Gasteiger partial charge in [0.15, 0.2) is 5.78 Å². The molecule has 0 radical (unpaired) electrons. The maximum absolute atomic E-state index is 12.2. The molecule has 0 amide bonds. The van der Waals surface area contributed by atoms with Crippen LogP contribution in [0, 0.1) is 11.8 Å². The van der Waals surface area contributed by atoms with Crippen molar-refractivity contribution in [2.24, 2.45) is 11.8 Å². The van der Waals surface area contributed by atoms with E-state index in [1.165, 1.54) is 6.42 Å². The van der Waals surface area contributed by atoms with E-state index >= 15 is 0 Å². The number of hydrogen-bond acceptors (Lipinski definition) is 2. The van der Waals surface area contributed by atoms with Gasteiger partial charge < -0.3 is 0 Å². The number of rotatable bonds is 3. The molecule has 3 heteroatoms. The third kappa shape index (κ3) is 3.42. The summed E-state index contributed by atoms with van der Waals surface area (Å²) in [7, 11) is 0. The predicted octanol–water partition coefficient (Wildman–Crippen LogP) is 3.61. The van der Waals surface area contributed by atoms with E-state index in [1.807, 2.05) is 24.3 Å². The van der Waals surface area contributed by atoms with Crippen LogP contribution in [0.2, 0.25) is 0 Å². The van der Waals surface area contributed by atoms with Crippen LogP contribution < -0.4 is 0 Å². The minimum atomic E-state index is 0.220. The summed E-state index contributed by atoms with van der Waals surface area (Å²) in [6.45, 7) is 7.22. The van der Waals surface area contributed by atoms with Gasteiger partial charge in [-0.25, -0.2) is 0 Å². The Balaban J connectivity index is 1.96. The van der Waals surface area contributed by atoms with Crippen LogP contribution in [-0.2, 0) is 0 Å². The van der Waals surface area contributed by atoms with E-state index in [0.717, 1.165) is 29.0 Å². The van der Waals surface area contributed by atoms with Gasteiger partial charge in [-0.05, 0) is 36.9 Å². The second-order valence-corrected chi connectivity index (χ2v) is 6.33. The molecular weight excluding hydrogens is 290 g/mol. The molecule has 2 nitrogen and oxygen atoms in total. The van der Waals surface area contributed by atoms with Crippen molar-refractivity contribution in [3.63, 3.8) is 0 Å². The molecule has 1 aromatic rings. The van der Waals surface area contributed by atoms with Gasteiger partial charge in [-0.15, -0.1) is 0 Å². The molecule has 18 heavy (non-hydrogen) atoms. The molecule has 2 atom stereocenters. The van der Waals surface area contributed by atoms with E-state index in [1.54, 1.807) is 0 Å². The first-order valence-corrected chi connectivity index (χ1v) is 7.36. The minimum Gasteiger partial charge on any atom is -0.296 e. The van der Waals surface area contributed by atoms with E-state index in [-0.39, 0.29) is 5.78 Å². The van der Waals surface area contributed by atoms with Crippen LogP contribution in [0.3, 0.4) is 0 Å². The van der Waals surface area contributed by atoms with Gasteiger partial charge >= 0.3 is 0 Å². The standard InChI is InChI=1S/C15H20BrNO/c1-11-6-7-17(9-12(11)2)10-15(18)13-4-3-5-14(16)8-13/h3-5,8,11-12H,6-7,9-10H2,1-2H3. The van der Waals surface area contributed by atoms with Crippen LogP contribution in [-0.4, -0.2) is 30.3 Å². The number of piperidine rings is 1. The van der Waals surface area contributed by atoms with E-state index in [0.29, 0.717) is 12.5 Å². The maximum atomic E-state index is 12.2. The molecule has 1 aromatic carbocycles. The monoisotopic (exact) mass is 309 g/mol. The Bertz CT molecular complexity index is 432. The topological polar surface area (TPSA) is 20.3 Å². The summed E-state index contributed by atoms with van der Waals surface area (Å²) >= 11 is 3.41. The molecule has 2 unspecified atom stereocenters. The molecule has 1 aliphatic heterocycles. The first kappa shape index (κ1) is 13.8. The second kappa shape index (κ2) is 5.98. The van der Waals surface area contributed by atoms with Crippen LogP contribution in [0.4, 0.5) is 0 Å². The van der Waals surface area contributed by atoms with Crippen LogP contribution in [0.15, 0.2) is 28.7 Å². The maximum Gasteiger partial charge on any atom is 0.176 e. The van der Waals surface area contributed by atoms with Crippen molar-refractivity contribution in [3.8, 4) is 0 Å². The number of carbonyl (C=O) groups excluding carboxylic acids is 1. The van der Waals surface area contributed by atoms with E-state index < -0.39 is 0 Å². The summed E-state index contributed by atoms with van der Waals surface area (Å²) in [4.78, 5) is 14.5. The summed E-state index contributed by atoms with van der Waals surface area (Å²) in [6, 6.07) is 7.65. The van der Waals surface area contributed by atoms with Gasteiger partial charge in [0.05, 0.1) is 6.54 Å². The Hall–Kier alpha value is -0.670. The van der Waals surface area contributed by atoms with Crippen LogP contribution >= 0.6 is 15.9 Å². The molecule has 0 aliphatic carbocycles. The number of hydrogen-bond donors (Lipinski definition) is 0. The van der Waals surface area contributed by atoms with Crippen molar-refractivity contribution in [3.05, 3.63) is 34.3 Å². The third-order valence-corrected chi connectivity index (χ3v) is 4.43. The fraction of sp³-hybridized carbons (Fsp3) is 0.533. The lowest BCUT2D eigenvalue weighted by atomic mass is 9.88. The predicted molar refractivity (Wildman–Crippen MR) is 77.9 cm³/mol. The lowest BCUT2D eigenvalue weighted by Gasteiger charge is -2.34. The molecule has 0 spiro atoms. The van der Waals surface area contributed by atoms with Crippen molar-refractivity contribution in [1.29, 1.82) is 0 Å². The average Bonchev–Trinajstić information content (AvgIpc) is 2.34. The lowest BCUT2D eigenvalue weighted by Crippen LogP contribution is -2.41. The van der Waals surface area contributed by atoms with Crippen LogP contribution in [0.25, 0.3) is 0 Å². The van der Waals surface area contributed by atoms with E-state index in [4.69, 9.17) is 0 Å². The van der Waals surface area contributed by atoms with Gasteiger partial charge in [0.2, 0.25) is 0 Å². The highest BCUT2D eigenvalue weighted by atomic mass is 79.9. The van der Waals surface area contributed by atoms with Crippen LogP contribution in [0.5, 0.6) is 0 Å². The molecule has 2 rings (SSSR count). The number of carbonyl (C=O) groups is 1. The molecule has 1 saturated heterocycles. The fourth-order valence-corrected chi connectivity index (χ4v) is 2.85. The molecule has 98 valence electrons. The van der Waals surface area contributed by atoms with Crippen molar-refractivity contribution in [2.75, 3.05) is 19.6 Å². The zero-order valence-electron chi connectivity index (χ0n) is 11.0. The highest BCUT2D eigenvalue weighted by molar-refractivity contribution is 9.10. The second-order valence-electron chi connectivity index (χ2n) is 5.41. The zero-order valence-corrected chi connectivity index (χ0v) is 12.6. The van der Waals surface area contributed by atoms with Crippen LogP contribution in [0.1, 0.15) is 30.6 Å². The van der Waals surface area contributed by atoms with Crippen molar-refractivity contribution in [1.82, 2.24) is 4.90 Å². The normalized spacial score (nSPS) is 25.1. The minimum absolute atomic E-state index is 0.220. The first-order chi connectivity index (χ1) is 8.56. The number of Topliss-reactive ketones (excluding diaryl/α,β-unsaturated/α-hetero) is 1. The largest absolute Gasteiger partial charge is 0.296 e. The molecule has 1 heterocycles. The Morgan fingerprint density at radius 3 is 2.83 bits per heavy atom.